The fraction of sp³-hybridized carbons (Fsp3) is 0.588. The summed E-state index contributed by atoms with van der Waals surface area (Å²) >= 11 is 0. The molecule has 0 saturated heterocycles. The van der Waals surface area contributed by atoms with Crippen LogP contribution >= 0.6 is 0 Å². The molecular formula is C17H27NO2. The van der Waals surface area contributed by atoms with Crippen molar-refractivity contribution in [2.45, 2.75) is 52.6 Å². The lowest BCUT2D eigenvalue weighted by Crippen LogP contribution is -2.30. The van der Waals surface area contributed by atoms with Gasteiger partial charge in [-0.1, -0.05) is 38.1 Å². The second kappa shape index (κ2) is 8.05. The van der Waals surface area contributed by atoms with Gasteiger partial charge >= 0.3 is 0 Å². The Morgan fingerprint density at radius 3 is 2.50 bits per heavy atom. The van der Waals surface area contributed by atoms with E-state index in [1.165, 1.54) is 11.1 Å². The molecule has 20 heavy (non-hydrogen) atoms. The van der Waals surface area contributed by atoms with E-state index in [2.05, 4.69) is 31.3 Å². The van der Waals surface area contributed by atoms with E-state index in [1.54, 1.807) is 6.92 Å². The standard InChI is InChI=1S/C17H27NO2/c1-12(9-15(4)19)11-18-17(20)10-14(3)16-8-6-5-7-13(16)2/h5-8,12,14-15,19H,9-11H2,1-4H3,(H,18,20). The Morgan fingerprint density at radius 1 is 1.25 bits per heavy atom. The van der Waals surface area contributed by atoms with Crippen LogP contribution in [0.4, 0.5) is 0 Å². The number of aliphatic hydroxyl groups excluding tert-OH is 1. The van der Waals surface area contributed by atoms with Gasteiger partial charge in [0.2, 0.25) is 5.91 Å². The van der Waals surface area contributed by atoms with Gasteiger partial charge in [-0.2, -0.15) is 0 Å². The van der Waals surface area contributed by atoms with Gasteiger partial charge in [0.15, 0.2) is 0 Å². The second-order valence-electron chi connectivity index (χ2n) is 5.96. The Labute approximate surface area is 122 Å². The molecule has 3 unspecified atom stereocenters. The van der Waals surface area contributed by atoms with E-state index in [-0.39, 0.29) is 17.9 Å². The van der Waals surface area contributed by atoms with E-state index in [0.29, 0.717) is 25.3 Å². The highest BCUT2D eigenvalue weighted by Gasteiger charge is 2.14. The zero-order valence-electron chi connectivity index (χ0n) is 13.0. The zero-order chi connectivity index (χ0) is 15.1. The SMILES string of the molecule is Cc1ccccc1C(C)CC(=O)NCC(C)CC(C)O. The third-order valence-electron chi connectivity index (χ3n) is 3.60. The smallest absolute Gasteiger partial charge is 0.220 e. The summed E-state index contributed by atoms with van der Waals surface area (Å²) in [5.41, 5.74) is 2.47. The Morgan fingerprint density at radius 2 is 1.90 bits per heavy atom. The Kier molecular flexibility index (Phi) is 6.73. The summed E-state index contributed by atoms with van der Waals surface area (Å²) < 4.78 is 0. The van der Waals surface area contributed by atoms with Crippen molar-refractivity contribution in [3.8, 4) is 0 Å². The van der Waals surface area contributed by atoms with Gasteiger partial charge in [0.05, 0.1) is 6.10 Å². The molecule has 0 radical (unpaired) electrons. The summed E-state index contributed by atoms with van der Waals surface area (Å²) in [7, 11) is 0. The highest BCUT2D eigenvalue weighted by atomic mass is 16.3. The van der Waals surface area contributed by atoms with Crippen LogP contribution in [-0.4, -0.2) is 23.7 Å². The molecular weight excluding hydrogens is 250 g/mol. The summed E-state index contributed by atoms with van der Waals surface area (Å²) in [5, 5.41) is 12.3. The number of amides is 1. The third kappa shape index (κ3) is 5.74. The van der Waals surface area contributed by atoms with Crippen LogP contribution in [-0.2, 0) is 4.79 Å². The lowest BCUT2D eigenvalue weighted by Gasteiger charge is -2.17. The van der Waals surface area contributed by atoms with E-state index < -0.39 is 0 Å². The Balaban J connectivity index is 2.41. The summed E-state index contributed by atoms with van der Waals surface area (Å²) in [6.07, 6.45) is 0.910. The van der Waals surface area contributed by atoms with Crippen molar-refractivity contribution >= 4 is 5.91 Å². The van der Waals surface area contributed by atoms with Gasteiger partial charge in [0, 0.05) is 13.0 Å². The topological polar surface area (TPSA) is 49.3 Å². The highest BCUT2D eigenvalue weighted by Crippen LogP contribution is 2.22. The van der Waals surface area contributed by atoms with Crippen LogP contribution < -0.4 is 5.32 Å². The predicted octanol–water partition coefficient (Wildman–Crippen LogP) is 3.01. The van der Waals surface area contributed by atoms with Crippen molar-refractivity contribution in [3.63, 3.8) is 0 Å². The molecule has 3 atom stereocenters. The molecule has 0 bridgehead atoms. The maximum absolute atomic E-state index is 12.0. The van der Waals surface area contributed by atoms with E-state index in [4.69, 9.17) is 0 Å². The molecule has 0 fully saturated rings. The molecule has 0 saturated carbocycles. The van der Waals surface area contributed by atoms with Crippen molar-refractivity contribution in [1.29, 1.82) is 0 Å². The minimum Gasteiger partial charge on any atom is -0.393 e. The second-order valence-corrected chi connectivity index (χ2v) is 5.96. The van der Waals surface area contributed by atoms with Gasteiger partial charge in [0.1, 0.15) is 0 Å². The van der Waals surface area contributed by atoms with Gasteiger partial charge in [-0.15, -0.1) is 0 Å². The maximum atomic E-state index is 12.0. The molecule has 2 N–H and O–H groups in total. The van der Waals surface area contributed by atoms with Crippen LogP contribution in [0, 0.1) is 12.8 Å². The first-order valence-electron chi connectivity index (χ1n) is 7.40. The zero-order valence-corrected chi connectivity index (χ0v) is 13.0. The lowest BCUT2D eigenvalue weighted by molar-refractivity contribution is -0.121. The average molecular weight is 277 g/mol. The largest absolute Gasteiger partial charge is 0.393 e. The molecule has 0 spiro atoms. The van der Waals surface area contributed by atoms with E-state index >= 15 is 0 Å². The van der Waals surface area contributed by atoms with Crippen molar-refractivity contribution in [2.24, 2.45) is 5.92 Å². The van der Waals surface area contributed by atoms with Crippen molar-refractivity contribution in [2.75, 3.05) is 6.54 Å². The van der Waals surface area contributed by atoms with Crippen LogP contribution in [0.3, 0.4) is 0 Å². The van der Waals surface area contributed by atoms with Gasteiger partial charge < -0.3 is 10.4 Å². The van der Waals surface area contributed by atoms with Gasteiger partial charge in [-0.25, -0.2) is 0 Å². The van der Waals surface area contributed by atoms with Crippen LogP contribution in [0.25, 0.3) is 0 Å². The van der Waals surface area contributed by atoms with E-state index in [9.17, 15) is 9.90 Å². The summed E-state index contributed by atoms with van der Waals surface area (Å²) in [5.74, 6) is 0.606. The molecule has 0 heterocycles. The minimum atomic E-state index is -0.312. The molecule has 1 aromatic carbocycles. The van der Waals surface area contributed by atoms with Gasteiger partial charge in [0.25, 0.3) is 0 Å². The molecule has 112 valence electrons. The van der Waals surface area contributed by atoms with E-state index in [0.717, 1.165) is 0 Å². The number of benzene rings is 1. The predicted molar refractivity (Wildman–Crippen MR) is 82.7 cm³/mol. The molecule has 0 aromatic heterocycles. The molecule has 0 aliphatic rings. The number of rotatable bonds is 7. The Bertz CT molecular complexity index is 429. The maximum Gasteiger partial charge on any atom is 0.220 e. The third-order valence-corrected chi connectivity index (χ3v) is 3.60. The van der Waals surface area contributed by atoms with Crippen molar-refractivity contribution in [1.82, 2.24) is 5.32 Å². The quantitative estimate of drug-likeness (QED) is 0.805. The van der Waals surface area contributed by atoms with Crippen LogP contribution in [0.15, 0.2) is 24.3 Å². The lowest BCUT2D eigenvalue weighted by atomic mass is 9.93. The summed E-state index contributed by atoms with van der Waals surface area (Å²) in [4.78, 5) is 12.0. The average Bonchev–Trinajstić information content (AvgIpc) is 2.36. The summed E-state index contributed by atoms with van der Waals surface area (Å²) in [6.45, 7) is 8.61. The fourth-order valence-corrected chi connectivity index (χ4v) is 2.55. The fourth-order valence-electron chi connectivity index (χ4n) is 2.55. The number of nitrogens with one attached hydrogen (secondary N) is 1. The first-order chi connectivity index (χ1) is 9.40. The number of aliphatic hydroxyl groups is 1. The molecule has 0 aliphatic carbocycles. The Hall–Kier alpha value is -1.35. The first-order valence-corrected chi connectivity index (χ1v) is 7.40. The number of hydrogen-bond acceptors (Lipinski definition) is 2. The molecule has 1 rings (SSSR count). The van der Waals surface area contributed by atoms with Crippen molar-refractivity contribution in [3.05, 3.63) is 35.4 Å². The first kappa shape index (κ1) is 16.7. The monoisotopic (exact) mass is 277 g/mol. The number of aryl methyl sites for hydroxylation is 1. The molecule has 3 heteroatoms. The molecule has 1 amide bonds. The minimum absolute atomic E-state index is 0.0817. The van der Waals surface area contributed by atoms with Crippen LogP contribution in [0.5, 0.6) is 0 Å². The molecule has 0 aliphatic heterocycles. The molecule has 1 aromatic rings. The highest BCUT2D eigenvalue weighted by molar-refractivity contribution is 5.76. The van der Waals surface area contributed by atoms with Crippen LogP contribution in [0.2, 0.25) is 0 Å². The number of hydrogen-bond donors (Lipinski definition) is 2. The summed E-state index contributed by atoms with van der Waals surface area (Å²) in [6, 6.07) is 8.20. The normalized spacial score (nSPS) is 15.4. The van der Waals surface area contributed by atoms with Gasteiger partial charge in [-0.05, 0) is 43.2 Å². The number of carbonyl (C=O) groups is 1. The van der Waals surface area contributed by atoms with E-state index in [1.807, 2.05) is 19.1 Å². The van der Waals surface area contributed by atoms with Gasteiger partial charge in [-0.3, -0.25) is 4.79 Å². The molecule has 3 nitrogen and oxygen atoms in total. The van der Waals surface area contributed by atoms with Crippen molar-refractivity contribution < 1.29 is 9.90 Å². The van der Waals surface area contributed by atoms with Crippen LogP contribution in [0.1, 0.15) is 50.7 Å². The number of carbonyl (C=O) groups excluding carboxylic acids is 1.